The van der Waals surface area contributed by atoms with Crippen LogP contribution in [-0.4, -0.2) is 52.2 Å². The van der Waals surface area contributed by atoms with Crippen LogP contribution >= 0.6 is 0 Å². The molecule has 1 fully saturated rings. The minimum atomic E-state index is -0.957. The fourth-order valence-corrected chi connectivity index (χ4v) is 3.00. The van der Waals surface area contributed by atoms with Crippen LogP contribution in [-0.2, 0) is 17.8 Å². The van der Waals surface area contributed by atoms with Crippen LogP contribution in [0.4, 0.5) is 0 Å². The van der Waals surface area contributed by atoms with Crippen LogP contribution in [0.1, 0.15) is 27.9 Å². The van der Waals surface area contributed by atoms with E-state index in [2.05, 4.69) is 5.32 Å². The second-order valence-corrected chi connectivity index (χ2v) is 5.65. The number of carbonyl (C=O) groups is 2. The highest BCUT2D eigenvalue weighted by Crippen LogP contribution is 2.22. The Labute approximate surface area is 122 Å². The van der Waals surface area contributed by atoms with Crippen LogP contribution in [0, 0.1) is 0 Å². The van der Waals surface area contributed by atoms with Gasteiger partial charge in [0.15, 0.2) is 0 Å². The predicted octanol–water partition coefficient (Wildman–Crippen LogP) is -0.00770. The highest BCUT2D eigenvalue weighted by molar-refractivity contribution is 5.88. The number of carboxylic acid groups (broad SMARTS) is 1. The summed E-state index contributed by atoms with van der Waals surface area (Å²) in [6.07, 6.45) is 0.711. The number of amides is 1. The van der Waals surface area contributed by atoms with Gasteiger partial charge in [-0.3, -0.25) is 4.79 Å². The number of hydrogen-bond acceptors (Lipinski definition) is 4. The predicted molar refractivity (Wildman–Crippen MR) is 74.9 cm³/mol. The Hall–Kier alpha value is -1.92. The summed E-state index contributed by atoms with van der Waals surface area (Å²) in [6, 6.07) is 4.75. The Kier molecular flexibility index (Phi) is 3.65. The number of benzene rings is 1. The van der Waals surface area contributed by atoms with Gasteiger partial charge >= 0.3 is 5.97 Å². The fraction of sp³-hybridized carbons (Fsp3) is 0.467. The van der Waals surface area contributed by atoms with E-state index in [-0.39, 0.29) is 17.5 Å². The molecule has 0 aliphatic carbocycles. The van der Waals surface area contributed by atoms with Gasteiger partial charge in [-0.2, -0.15) is 0 Å². The fourth-order valence-electron chi connectivity index (χ4n) is 3.00. The van der Waals surface area contributed by atoms with Crippen LogP contribution in [0.2, 0.25) is 0 Å². The molecule has 3 N–H and O–H groups in total. The first kappa shape index (κ1) is 14.0. The lowest BCUT2D eigenvalue weighted by Crippen LogP contribution is -2.45. The Bertz CT molecular complexity index is 587. The van der Waals surface area contributed by atoms with E-state index in [1.165, 1.54) is 0 Å². The molecule has 6 nitrogen and oxygen atoms in total. The van der Waals surface area contributed by atoms with Crippen LogP contribution in [0.3, 0.4) is 0 Å². The quantitative estimate of drug-likeness (QED) is 0.713. The van der Waals surface area contributed by atoms with Crippen LogP contribution in [0.5, 0.6) is 0 Å². The molecule has 0 saturated carbocycles. The van der Waals surface area contributed by atoms with E-state index in [4.69, 9.17) is 5.11 Å². The lowest BCUT2D eigenvalue weighted by Gasteiger charge is -2.31. The summed E-state index contributed by atoms with van der Waals surface area (Å²) in [5, 5.41) is 21.6. The van der Waals surface area contributed by atoms with Crippen molar-refractivity contribution in [2.75, 3.05) is 13.1 Å². The SMILES string of the molecule is O=C(O)c1ccc2c(c1)CN(C(=O)C1CC(O)CN1)CC2. The number of fused-ring (bicyclic) bond motifs is 1. The van der Waals surface area contributed by atoms with Gasteiger partial charge in [0.2, 0.25) is 5.91 Å². The summed E-state index contributed by atoms with van der Waals surface area (Å²) in [6.45, 7) is 1.51. The summed E-state index contributed by atoms with van der Waals surface area (Å²) in [5.41, 5.74) is 2.24. The third kappa shape index (κ3) is 2.77. The molecule has 0 spiro atoms. The molecule has 1 saturated heterocycles. The highest BCUT2D eigenvalue weighted by atomic mass is 16.4. The molecule has 1 amide bonds. The zero-order valence-electron chi connectivity index (χ0n) is 11.6. The van der Waals surface area contributed by atoms with Crippen molar-refractivity contribution in [2.45, 2.75) is 31.5 Å². The number of carboxylic acids is 1. The third-order valence-electron chi connectivity index (χ3n) is 4.18. The number of nitrogens with one attached hydrogen (secondary N) is 1. The summed E-state index contributed by atoms with van der Waals surface area (Å²) >= 11 is 0. The topological polar surface area (TPSA) is 89.9 Å². The maximum atomic E-state index is 12.4. The van der Waals surface area contributed by atoms with E-state index in [1.807, 2.05) is 6.07 Å². The van der Waals surface area contributed by atoms with Crippen LogP contribution in [0.25, 0.3) is 0 Å². The molecule has 2 heterocycles. The van der Waals surface area contributed by atoms with Crippen molar-refractivity contribution < 1.29 is 19.8 Å². The second-order valence-electron chi connectivity index (χ2n) is 5.65. The molecule has 0 bridgehead atoms. The number of nitrogens with zero attached hydrogens (tertiary/aromatic N) is 1. The van der Waals surface area contributed by atoms with Gasteiger partial charge in [-0.15, -0.1) is 0 Å². The van der Waals surface area contributed by atoms with Gasteiger partial charge in [0.25, 0.3) is 0 Å². The molecule has 2 atom stereocenters. The highest BCUT2D eigenvalue weighted by Gasteiger charge is 2.32. The van der Waals surface area contributed by atoms with Crippen molar-refractivity contribution in [3.05, 3.63) is 34.9 Å². The second kappa shape index (κ2) is 5.46. The van der Waals surface area contributed by atoms with Crippen molar-refractivity contribution in [2.24, 2.45) is 0 Å². The minimum Gasteiger partial charge on any atom is -0.478 e. The van der Waals surface area contributed by atoms with Crippen molar-refractivity contribution in [1.82, 2.24) is 10.2 Å². The molecule has 6 heteroatoms. The van der Waals surface area contributed by atoms with Gasteiger partial charge in [0.05, 0.1) is 17.7 Å². The Morgan fingerprint density at radius 1 is 1.29 bits per heavy atom. The van der Waals surface area contributed by atoms with Crippen molar-refractivity contribution in [3.63, 3.8) is 0 Å². The molecule has 3 rings (SSSR count). The summed E-state index contributed by atoms with van der Waals surface area (Å²) < 4.78 is 0. The first-order valence-corrected chi connectivity index (χ1v) is 7.10. The number of hydrogen-bond donors (Lipinski definition) is 3. The number of β-amino-alcohol motifs (C(OH)–C–C–N with tert-alkyl or cyclic N) is 1. The molecular weight excluding hydrogens is 272 g/mol. The molecule has 2 aliphatic heterocycles. The molecular formula is C15H18N2O4. The van der Waals surface area contributed by atoms with Gasteiger partial charge in [0.1, 0.15) is 0 Å². The number of aliphatic hydroxyl groups excluding tert-OH is 1. The normalized spacial score (nSPS) is 24.7. The van der Waals surface area contributed by atoms with Gasteiger partial charge < -0.3 is 20.4 Å². The lowest BCUT2D eigenvalue weighted by molar-refractivity contribution is -0.134. The molecule has 1 aromatic carbocycles. The first-order valence-electron chi connectivity index (χ1n) is 7.10. The van der Waals surface area contributed by atoms with E-state index in [0.29, 0.717) is 26.1 Å². The molecule has 2 unspecified atom stereocenters. The van der Waals surface area contributed by atoms with Gasteiger partial charge in [-0.25, -0.2) is 4.79 Å². The van der Waals surface area contributed by atoms with E-state index in [9.17, 15) is 14.7 Å². The lowest BCUT2D eigenvalue weighted by atomic mass is 9.96. The number of rotatable bonds is 2. The average Bonchev–Trinajstić information content (AvgIpc) is 2.91. The first-order chi connectivity index (χ1) is 10.0. The molecule has 1 aromatic rings. The molecule has 2 aliphatic rings. The van der Waals surface area contributed by atoms with Gasteiger partial charge in [-0.05, 0) is 36.1 Å². The smallest absolute Gasteiger partial charge is 0.335 e. The van der Waals surface area contributed by atoms with Crippen LogP contribution < -0.4 is 5.32 Å². The number of aliphatic hydroxyl groups is 1. The maximum absolute atomic E-state index is 12.4. The largest absolute Gasteiger partial charge is 0.478 e. The number of aromatic carboxylic acids is 1. The zero-order valence-corrected chi connectivity index (χ0v) is 11.6. The Balaban J connectivity index is 1.75. The standard InChI is InChI=1S/C15H18N2O4/c18-12-6-13(16-7-12)14(19)17-4-3-9-1-2-10(15(20)21)5-11(9)8-17/h1-2,5,12-13,16,18H,3-4,6-8H2,(H,20,21). The van der Waals surface area contributed by atoms with Crippen molar-refractivity contribution >= 4 is 11.9 Å². The van der Waals surface area contributed by atoms with Crippen LogP contribution in [0.15, 0.2) is 18.2 Å². The average molecular weight is 290 g/mol. The van der Waals surface area contributed by atoms with Gasteiger partial charge in [0, 0.05) is 19.6 Å². The maximum Gasteiger partial charge on any atom is 0.335 e. The van der Waals surface area contributed by atoms with E-state index in [1.54, 1.807) is 17.0 Å². The van der Waals surface area contributed by atoms with E-state index >= 15 is 0 Å². The number of carbonyl (C=O) groups excluding carboxylic acids is 1. The van der Waals surface area contributed by atoms with Crippen molar-refractivity contribution in [1.29, 1.82) is 0 Å². The minimum absolute atomic E-state index is 0.0158. The van der Waals surface area contributed by atoms with E-state index < -0.39 is 12.1 Å². The Morgan fingerprint density at radius 2 is 2.10 bits per heavy atom. The summed E-state index contributed by atoms with van der Waals surface area (Å²) in [7, 11) is 0. The van der Waals surface area contributed by atoms with Crippen molar-refractivity contribution in [3.8, 4) is 0 Å². The summed E-state index contributed by atoms with van der Waals surface area (Å²) in [4.78, 5) is 25.2. The monoisotopic (exact) mass is 290 g/mol. The third-order valence-corrected chi connectivity index (χ3v) is 4.18. The molecule has 0 radical (unpaired) electrons. The molecule has 0 aromatic heterocycles. The molecule has 21 heavy (non-hydrogen) atoms. The van der Waals surface area contributed by atoms with E-state index in [0.717, 1.165) is 17.5 Å². The molecule has 112 valence electrons. The summed E-state index contributed by atoms with van der Waals surface area (Å²) in [5.74, 6) is -0.972. The zero-order chi connectivity index (χ0) is 15.0. The Morgan fingerprint density at radius 3 is 2.76 bits per heavy atom. The van der Waals surface area contributed by atoms with Gasteiger partial charge in [-0.1, -0.05) is 6.07 Å².